The van der Waals surface area contributed by atoms with Crippen molar-refractivity contribution in [3.8, 4) is 11.8 Å². The van der Waals surface area contributed by atoms with Gasteiger partial charge in [0.1, 0.15) is 23.2 Å². The molecule has 0 aliphatic heterocycles. The molecule has 0 aliphatic carbocycles. The van der Waals surface area contributed by atoms with Crippen molar-refractivity contribution in [1.82, 2.24) is 4.57 Å². The van der Waals surface area contributed by atoms with Crippen LogP contribution in [-0.2, 0) is 11.3 Å². The molecule has 5 nitrogen and oxygen atoms in total. The summed E-state index contributed by atoms with van der Waals surface area (Å²) in [6.07, 6.45) is 3.48. The molecule has 0 unspecified atom stereocenters. The van der Waals surface area contributed by atoms with Crippen molar-refractivity contribution in [1.29, 1.82) is 5.26 Å². The van der Waals surface area contributed by atoms with Gasteiger partial charge in [-0.1, -0.05) is 30.3 Å². The number of para-hydroxylation sites is 1. The fraction of sp³-hybridized carbons (Fsp3) is 0.0769. The highest BCUT2D eigenvalue weighted by Gasteiger charge is 2.13. The molecule has 0 saturated heterocycles. The van der Waals surface area contributed by atoms with Gasteiger partial charge < -0.3 is 14.6 Å². The molecule has 6 heteroatoms. The monoisotopic (exact) mass is 425 g/mol. The van der Waals surface area contributed by atoms with Crippen LogP contribution in [0.15, 0.2) is 84.6 Å². The van der Waals surface area contributed by atoms with Crippen LogP contribution in [0.2, 0.25) is 0 Å². The molecule has 0 spiro atoms. The van der Waals surface area contributed by atoms with E-state index in [0.717, 1.165) is 22.0 Å². The molecule has 0 bridgehead atoms. The van der Waals surface area contributed by atoms with Gasteiger partial charge >= 0.3 is 0 Å². The Morgan fingerprint density at radius 1 is 1.09 bits per heavy atom. The second-order valence-corrected chi connectivity index (χ2v) is 7.21. The number of nitrogens with zero attached hydrogens (tertiary/aromatic N) is 2. The number of anilines is 1. The van der Waals surface area contributed by atoms with Gasteiger partial charge in [0.05, 0.1) is 7.11 Å². The molecule has 4 rings (SSSR count). The minimum Gasteiger partial charge on any atom is -0.497 e. The van der Waals surface area contributed by atoms with E-state index in [1.165, 1.54) is 12.1 Å². The third-order valence-corrected chi connectivity index (χ3v) is 5.10. The van der Waals surface area contributed by atoms with Crippen molar-refractivity contribution in [2.75, 3.05) is 12.4 Å². The third-order valence-electron chi connectivity index (χ3n) is 5.10. The Balaban J connectivity index is 1.64. The van der Waals surface area contributed by atoms with Crippen LogP contribution in [0.4, 0.5) is 10.1 Å². The molecule has 0 aliphatic rings. The number of nitrogens with one attached hydrogen (secondary N) is 1. The molecular weight excluding hydrogens is 405 g/mol. The zero-order valence-corrected chi connectivity index (χ0v) is 17.4. The lowest BCUT2D eigenvalue weighted by Gasteiger charge is -2.05. The van der Waals surface area contributed by atoms with E-state index in [9.17, 15) is 14.4 Å². The number of methoxy groups -OCH3 is 1. The lowest BCUT2D eigenvalue weighted by atomic mass is 10.1. The van der Waals surface area contributed by atoms with Crippen molar-refractivity contribution in [3.05, 3.63) is 102 Å². The Morgan fingerprint density at radius 2 is 1.81 bits per heavy atom. The first-order valence-corrected chi connectivity index (χ1v) is 9.97. The van der Waals surface area contributed by atoms with Crippen LogP contribution in [0.3, 0.4) is 0 Å². The summed E-state index contributed by atoms with van der Waals surface area (Å²) < 4.78 is 20.4. The predicted octanol–water partition coefficient (Wildman–Crippen LogP) is 5.38. The lowest BCUT2D eigenvalue weighted by Crippen LogP contribution is -2.13. The summed E-state index contributed by atoms with van der Waals surface area (Å²) in [4.78, 5) is 12.7. The van der Waals surface area contributed by atoms with Crippen molar-refractivity contribution < 1.29 is 13.9 Å². The van der Waals surface area contributed by atoms with Crippen LogP contribution >= 0.6 is 0 Å². The highest BCUT2D eigenvalue weighted by atomic mass is 19.1. The zero-order chi connectivity index (χ0) is 22.5. The van der Waals surface area contributed by atoms with E-state index in [-0.39, 0.29) is 11.4 Å². The summed E-state index contributed by atoms with van der Waals surface area (Å²) in [5.41, 5.74) is 3.21. The smallest absolute Gasteiger partial charge is 0.266 e. The number of hydrogen-bond acceptors (Lipinski definition) is 3. The number of halogens is 1. The van der Waals surface area contributed by atoms with Gasteiger partial charge in [-0.05, 0) is 54.1 Å². The molecule has 1 aromatic heterocycles. The molecule has 1 amide bonds. The van der Waals surface area contributed by atoms with E-state index in [4.69, 9.17) is 4.74 Å². The number of carbonyl (C=O) groups is 1. The molecule has 0 radical (unpaired) electrons. The number of amides is 1. The zero-order valence-electron chi connectivity index (χ0n) is 17.4. The Morgan fingerprint density at radius 3 is 2.50 bits per heavy atom. The van der Waals surface area contributed by atoms with Crippen LogP contribution in [0.1, 0.15) is 11.1 Å². The summed E-state index contributed by atoms with van der Waals surface area (Å²) in [7, 11) is 1.57. The van der Waals surface area contributed by atoms with Crippen molar-refractivity contribution in [2.24, 2.45) is 0 Å². The van der Waals surface area contributed by atoms with Crippen LogP contribution in [-0.4, -0.2) is 17.6 Å². The number of aromatic nitrogens is 1. The topological polar surface area (TPSA) is 67.0 Å². The number of benzene rings is 3. The third kappa shape index (κ3) is 4.52. The van der Waals surface area contributed by atoms with Crippen molar-refractivity contribution in [2.45, 2.75) is 6.54 Å². The number of fused-ring (bicyclic) bond motifs is 1. The predicted molar refractivity (Wildman–Crippen MR) is 123 cm³/mol. The highest BCUT2D eigenvalue weighted by molar-refractivity contribution is 6.10. The molecule has 1 N–H and O–H groups in total. The summed E-state index contributed by atoms with van der Waals surface area (Å²) in [6.45, 7) is 0.536. The SMILES string of the molecule is COc1ccc(NC(=O)/C(C#N)=C/c2cn(Cc3ccc(F)cc3)c3ccccc23)cc1. The summed E-state index contributed by atoms with van der Waals surface area (Å²) in [6, 6.07) is 23.0. The van der Waals surface area contributed by atoms with Gasteiger partial charge in [0.15, 0.2) is 0 Å². The standard InChI is InChI=1S/C26H20FN3O2/c1-32-23-12-10-22(11-13-23)29-26(31)19(15-28)14-20-17-30(25-5-3-2-4-24(20)25)16-18-6-8-21(27)9-7-18/h2-14,17H,16H2,1H3,(H,29,31)/b19-14+. The fourth-order valence-corrected chi connectivity index (χ4v) is 3.48. The molecular formula is C26H20FN3O2. The first-order chi connectivity index (χ1) is 15.6. The first-order valence-electron chi connectivity index (χ1n) is 9.97. The molecule has 32 heavy (non-hydrogen) atoms. The molecule has 4 aromatic rings. The molecule has 3 aromatic carbocycles. The van der Waals surface area contributed by atoms with Gasteiger partial charge in [0.25, 0.3) is 5.91 Å². The fourth-order valence-electron chi connectivity index (χ4n) is 3.48. The van der Waals surface area contributed by atoms with E-state index in [0.29, 0.717) is 18.0 Å². The maximum atomic E-state index is 13.2. The van der Waals surface area contributed by atoms with Crippen LogP contribution < -0.4 is 10.1 Å². The number of carbonyl (C=O) groups excluding carboxylic acids is 1. The van der Waals surface area contributed by atoms with E-state index >= 15 is 0 Å². The highest BCUT2D eigenvalue weighted by Crippen LogP contribution is 2.25. The normalized spacial score (nSPS) is 11.2. The summed E-state index contributed by atoms with van der Waals surface area (Å²) >= 11 is 0. The van der Waals surface area contributed by atoms with E-state index in [1.54, 1.807) is 49.6 Å². The Hall–Kier alpha value is -4.37. The van der Waals surface area contributed by atoms with Crippen molar-refractivity contribution in [3.63, 3.8) is 0 Å². The van der Waals surface area contributed by atoms with Gasteiger partial charge in [-0.15, -0.1) is 0 Å². The van der Waals surface area contributed by atoms with Crippen LogP contribution in [0, 0.1) is 17.1 Å². The Bertz CT molecular complexity index is 1330. The minimum atomic E-state index is -0.493. The second-order valence-electron chi connectivity index (χ2n) is 7.21. The maximum Gasteiger partial charge on any atom is 0.266 e. The average Bonchev–Trinajstić information content (AvgIpc) is 3.16. The second kappa shape index (κ2) is 9.19. The molecule has 0 atom stereocenters. The van der Waals surface area contributed by atoms with Crippen LogP contribution in [0.25, 0.3) is 17.0 Å². The van der Waals surface area contributed by atoms with Crippen molar-refractivity contribution >= 4 is 28.6 Å². The molecule has 0 fully saturated rings. The Labute approximate surface area is 185 Å². The minimum absolute atomic E-state index is 0.00879. The summed E-state index contributed by atoms with van der Waals surface area (Å²) in [5.74, 6) is -0.0997. The maximum absolute atomic E-state index is 13.2. The first kappa shape index (κ1) is 20.9. The van der Waals surface area contributed by atoms with E-state index < -0.39 is 5.91 Å². The molecule has 1 heterocycles. The molecule has 0 saturated carbocycles. The van der Waals surface area contributed by atoms with E-state index in [2.05, 4.69) is 5.32 Å². The van der Waals surface area contributed by atoms with E-state index in [1.807, 2.05) is 41.1 Å². The lowest BCUT2D eigenvalue weighted by molar-refractivity contribution is -0.112. The largest absolute Gasteiger partial charge is 0.497 e. The van der Waals surface area contributed by atoms with Gasteiger partial charge in [0.2, 0.25) is 0 Å². The number of hydrogen-bond donors (Lipinski definition) is 1. The van der Waals surface area contributed by atoms with Gasteiger partial charge in [-0.2, -0.15) is 5.26 Å². The van der Waals surface area contributed by atoms with Gasteiger partial charge in [-0.3, -0.25) is 4.79 Å². The molecule has 158 valence electrons. The average molecular weight is 425 g/mol. The Kier molecular flexibility index (Phi) is 6.00. The number of nitriles is 1. The summed E-state index contributed by atoms with van der Waals surface area (Å²) in [5, 5.41) is 13.3. The van der Waals surface area contributed by atoms with Crippen LogP contribution in [0.5, 0.6) is 5.75 Å². The van der Waals surface area contributed by atoms with Gasteiger partial charge in [0, 0.05) is 34.9 Å². The van der Waals surface area contributed by atoms with Gasteiger partial charge in [-0.25, -0.2) is 4.39 Å². The number of ether oxygens (including phenoxy) is 1. The number of rotatable bonds is 6. The quantitative estimate of drug-likeness (QED) is 0.333.